The first-order chi connectivity index (χ1) is 8.06. The van der Waals surface area contributed by atoms with E-state index in [0.29, 0.717) is 18.5 Å². The molecule has 2 rings (SSSR count). The van der Waals surface area contributed by atoms with Gasteiger partial charge in [0.2, 0.25) is 0 Å². The largest absolute Gasteiger partial charge is 0.481 e. The Morgan fingerprint density at radius 1 is 1.12 bits per heavy atom. The number of hydrogen-bond donors (Lipinski definition) is 1. The maximum absolute atomic E-state index is 10.7. The van der Waals surface area contributed by atoms with Crippen LogP contribution in [-0.2, 0) is 4.79 Å². The van der Waals surface area contributed by atoms with Crippen LogP contribution in [-0.4, -0.2) is 34.6 Å². The topological polar surface area (TPSA) is 40.5 Å². The lowest BCUT2D eigenvalue weighted by molar-refractivity contribution is -0.137. The van der Waals surface area contributed by atoms with Crippen molar-refractivity contribution >= 4 is 5.97 Å². The summed E-state index contributed by atoms with van der Waals surface area (Å²) < 4.78 is 0. The lowest BCUT2D eigenvalue weighted by Gasteiger charge is -2.39. The van der Waals surface area contributed by atoms with Crippen LogP contribution in [0.4, 0.5) is 0 Å². The van der Waals surface area contributed by atoms with Gasteiger partial charge in [0.25, 0.3) is 0 Å². The molecule has 2 aliphatic rings. The molecule has 0 spiro atoms. The van der Waals surface area contributed by atoms with Crippen molar-refractivity contribution in [3.05, 3.63) is 0 Å². The minimum Gasteiger partial charge on any atom is -0.481 e. The summed E-state index contributed by atoms with van der Waals surface area (Å²) in [5.41, 5.74) is 0. The highest BCUT2D eigenvalue weighted by Gasteiger charge is 2.36. The second kappa shape index (κ2) is 5.38. The van der Waals surface area contributed by atoms with Crippen molar-refractivity contribution in [3.8, 4) is 0 Å². The van der Waals surface area contributed by atoms with E-state index in [1.165, 1.54) is 32.1 Å². The van der Waals surface area contributed by atoms with E-state index >= 15 is 0 Å². The molecule has 3 heteroatoms. The van der Waals surface area contributed by atoms with Crippen molar-refractivity contribution in [2.45, 2.75) is 64.5 Å². The van der Waals surface area contributed by atoms with Crippen LogP contribution >= 0.6 is 0 Å². The van der Waals surface area contributed by atoms with Crippen LogP contribution in [0.5, 0.6) is 0 Å². The quantitative estimate of drug-likeness (QED) is 0.802. The number of carbonyl (C=O) groups is 1. The molecule has 0 aromatic rings. The molecule has 2 atom stereocenters. The highest BCUT2D eigenvalue weighted by atomic mass is 16.4. The third kappa shape index (κ3) is 3.70. The predicted molar refractivity (Wildman–Crippen MR) is 67.9 cm³/mol. The summed E-state index contributed by atoms with van der Waals surface area (Å²) in [5.74, 6) is 0.942. The molecule has 0 bridgehead atoms. The van der Waals surface area contributed by atoms with E-state index in [4.69, 9.17) is 5.11 Å². The number of nitrogens with zero attached hydrogens (tertiary/aromatic N) is 1. The molecule has 2 unspecified atom stereocenters. The fourth-order valence-electron chi connectivity index (χ4n) is 3.47. The smallest absolute Gasteiger partial charge is 0.304 e. The van der Waals surface area contributed by atoms with E-state index < -0.39 is 5.97 Å². The zero-order valence-electron chi connectivity index (χ0n) is 11.1. The summed E-state index contributed by atoms with van der Waals surface area (Å²) in [5, 5.41) is 8.84. The zero-order valence-corrected chi connectivity index (χ0v) is 11.1. The van der Waals surface area contributed by atoms with Gasteiger partial charge in [0.1, 0.15) is 0 Å². The second-order valence-corrected chi connectivity index (χ2v) is 6.18. The van der Waals surface area contributed by atoms with Crippen LogP contribution in [0.15, 0.2) is 0 Å². The summed E-state index contributed by atoms with van der Waals surface area (Å²) in [7, 11) is 0. The second-order valence-electron chi connectivity index (χ2n) is 6.18. The number of aliphatic carboxylic acids is 1. The van der Waals surface area contributed by atoms with E-state index in [1.54, 1.807) is 0 Å². The van der Waals surface area contributed by atoms with Crippen molar-refractivity contribution < 1.29 is 9.90 Å². The fourth-order valence-corrected chi connectivity index (χ4v) is 3.47. The summed E-state index contributed by atoms with van der Waals surface area (Å²) in [4.78, 5) is 13.2. The molecule has 0 saturated heterocycles. The molecule has 0 heterocycles. The Morgan fingerprint density at radius 2 is 1.71 bits per heavy atom. The third-order valence-corrected chi connectivity index (χ3v) is 4.22. The fraction of sp³-hybridized carbons (Fsp3) is 0.929. The average molecular weight is 239 g/mol. The standard InChI is InChI=1S/C14H25NO2/c1-10-7-11(2)9-13(8-10)15(12-3-4-12)6-5-14(16)17/h10-13H,3-9H2,1-2H3,(H,16,17). The molecule has 0 aromatic carbocycles. The highest BCUT2D eigenvalue weighted by molar-refractivity contribution is 5.66. The minimum absolute atomic E-state index is 0.301. The molecule has 3 nitrogen and oxygen atoms in total. The summed E-state index contributed by atoms with van der Waals surface area (Å²) in [6.45, 7) is 5.43. The van der Waals surface area contributed by atoms with Crippen molar-refractivity contribution in [1.82, 2.24) is 4.90 Å². The van der Waals surface area contributed by atoms with Crippen LogP contribution in [0.3, 0.4) is 0 Å². The molecule has 0 amide bonds. The van der Waals surface area contributed by atoms with E-state index in [9.17, 15) is 4.79 Å². The van der Waals surface area contributed by atoms with Gasteiger partial charge in [0.15, 0.2) is 0 Å². The number of carboxylic acid groups (broad SMARTS) is 1. The molecule has 0 aliphatic heterocycles. The SMILES string of the molecule is CC1CC(C)CC(N(CCC(=O)O)C2CC2)C1. The lowest BCUT2D eigenvalue weighted by Crippen LogP contribution is -2.42. The lowest BCUT2D eigenvalue weighted by atomic mass is 9.79. The van der Waals surface area contributed by atoms with Gasteiger partial charge in [-0.1, -0.05) is 13.8 Å². The van der Waals surface area contributed by atoms with Gasteiger partial charge in [-0.05, 0) is 43.9 Å². The molecular formula is C14H25NO2. The zero-order chi connectivity index (χ0) is 12.4. The molecular weight excluding hydrogens is 214 g/mol. The summed E-state index contributed by atoms with van der Waals surface area (Å²) >= 11 is 0. The Labute approximate surface area is 104 Å². The van der Waals surface area contributed by atoms with Crippen LogP contribution in [0.25, 0.3) is 0 Å². The molecule has 0 aromatic heterocycles. The van der Waals surface area contributed by atoms with Gasteiger partial charge in [0.05, 0.1) is 6.42 Å². The van der Waals surface area contributed by atoms with E-state index in [0.717, 1.165) is 18.4 Å². The highest BCUT2D eigenvalue weighted by Crippen LogP contribution is 2.37. The van der Waals surface area contributed by atoms with Gasteiger partial charge < -0.3 is 5.11 Å². The van der Waals surface area contributed by atoms with Crippen molar-refractivity contribution in [2.24, 2.45) is 11.8 Å². The number of carboxylic acids is 1. The van der Waals surface area contributed by atoms with Crippen LogP contribution in [0.1, 0.15) is 52.4 Å². The Balaban J connectivity index is 1.92. The van der Waals surface area contributed by atoms with Crippen molar-refractivity contribution in [1.29, 1.82) is 0 Å². The molecule has 2 fully saturated rings. The Bertz CT molecular complexity index is 265. The van der Waals surface area contributed by atoms with Gasteiger partial charge in [0, 0.05) is 18.6 Å². The van der Waals surface area contributed by atoms with Crippen molar-refractivity contribution in [2.75, 3.05) is 6.54 Å². The maximum Gasteiger partial charge on any atom is 0.304 e. The van der Waals surface area contributed by atoms with Gasteiger partial charge in [-0.25, -0.2) is 0 Å². The van der Waals surface area contributed by atoms with Gasteiger partial charge in [-0.2, -0.15) is 0 Å². The summed E-state index contributed by atoms with van der Waals surface area (Å²) in [6.07, 6.45) is 6.72. The van der Waals surface area contributed by atoms with Crippen LogP contribution in [0.2, 0.25) is 0 Å². The first kappa shape index (κ1) is 12.9. The monoisotopic (exact) mass is 239 g/mol. The molecule has 17 heavy (non-hydrogen) atoms. The summed E-state index contributed by atoms with van der Waals surface area (Å²) in [6, 6.07) is 1.33. The molecule has 98 valence electrons. The Kier molecular flexibility index (Phi) is 4.08. The number of rotatable bonds is 5. The van der Waals surface area contributed by atoms with E-state index in [2.05, 4.69) is 18.7 Å². The first-order valence-corrected chi connectivity index (χ1v) is 7.03. The Hall–Kier alpha value is -0.570. The predicted octanol–water partition coefficient (Wildman–Crippen LogP) is 2.75. The first-order valence-electron chi connectivity index (χ1n) is 7.03. The molecule has 2 saturated carbocycles. The molecule has 0 radical (unpaired) electrons. The van der Waals surface area contributed by atoms with E-state index in [-0.39, 0.29) is 0 Å². The minimum atomic E-state index is -0.660. The third-order valence-electron chi connectivity index (χ3n) is 4.22. The van der Waals surface area contributed by atoms with Crippen molar-refractivity contribution in [3.63, 3.8) is 0 Å². The van der Waals surface area contributed by atoms with E-state index in [1.807, 2.05) is 0 Å². The Morgan fingerprint density at radius 3 is 2.18 bits per heavy atom. The molecule has 2 aliphatic carbocycles. The normalized spacial score (nSPS) is 33.9. The number of hydrogen-bond acceptors (Lipinski definition) is 2. The van der Waals surface area contributed by atoms with Gasteiger partial charge in [-0.15, -0.1) is 0 Å². The van der Waals surface area contributed by atoms with Crippen LogP contribution in [0, 0.1) is 11.8 Å². The maximum atomic E-state index is 10.7. The molecule has 1 N–H and O–H groups in total. The van der Waals surface area contributed by atoms with Gasteiger partial charge >= 0.3 is 5.97 Å². The average Bonchev–Trinajstić information content (AvgIpc) is 3.00. The van der Waals surface area contributed by atoms with Crippen LogP contribution < -0.4 is 0 Å². The van der Waals surface area contributed by atoms with Gasteiger partial charge in [-0.3, -0.25) is 9.69 Å².